The molecule has 0 aliphatic rings. The third-order valence-electron chi connectivity index (χ3n) is 7.92. The van der Waals surface area contributed by atoms with Gasteiger partial charge in [-0.15, -0.1) is 0 Å². The largest absolute Gasteiger partial charge is 0.311 e. The summed E-state index contributed by atoms with van der Waals surface area (Å²) in [6.45, 7) is 0. The highest BCUT2D eigenvalue weighted by Crippen LogP contribution is 2.37. The first-order valence-electron chi connectivity index (χ1n) is 14.7. The Morgan fingerprint density at radius 1 is 0.186 bits per heavy atom. The zero-order valence-corrected chi connectivity index (χ0v) is 23.8. The molecule has 0 bridgehead atoms. The molecule has 0 N–H and O–H groups in total. The highest BCUT2D eigenvalue weighted by Gasteiger charge is 2.13. The van der Waals surface area contributed by atoms with Crippen molar-refractivity contribution in [3.05, 3.63) is 188 Å². The molecular weight excluding hydrogens is 518 g/mol. The van der Waals surface area contributed by atoms with Crippen molar-refractivity contribution in [1.82, 2.24) is 0 Å². The van der Waals surface area contributed by atoms with Crippen molar-refractivity contribution in [3.8, 4) is 44.5 Å². The molecule has 0 heterocycles. The maximum absolute atomic E-state index is 2.31. The van der Waals surface area contributed by atoms with Crippen LogP contribution in [0.2, 0.25) is 0 Å². The number of para-hydroxylation sites is 1. The zero-order valence-electron chi connectivity index (χ0n) is 23.8. The Balaban J connectivity index is 1.13. The standard InChI is InChI=1S/C42H31N/c1-4-10-32(11-5-1)34-16-18-35(19-17-34)36-20-22-37(23-21-36)39-26-30-42(31-27-39)43(40-14-8-3-9-15-40)41-28-24-38(25-29-41)33-12-6-2-7-13-33/h1-31H. The Labute approximate surface area is 254 Å². The molecule has 1 nitrogen and oxygen atoms in total. The fourth-order valence-electron chi connectivity index (χ4n) is 5.60. The summed E-state index contributed by atoms with van der Waals surface area (Å²) in [5, 5.41) is 0. The van der Waals surface area contributed by atoms with E-state index in [-0.39, 0.29) is 0 Å². The molecule has 0 spiro atoms. The molecule has 0 aliphatic heterocycles. The third-order valence-corrected chi connectivity index (χ3v) is 7.92. The summed E-state index contributed by atoms with van der Waals surface area (Å²) in [7, 11) is 0. The summed E-state index contributed by atoms with van der Waals surface area (Å²) in [5.41, 5.74) is 13.1. The lowest BCUT2D eigenvalue weighted by Gasteiger charge is -2.26. The Hall–Kier alpha value is -5.66. The van der Waals surface area contributed by atoms with Crippen LogP contribution in [0.15, 0.2) is 188 Å². The summed E-state index contributed by atoms with van der Waals surface area (Å²) in [5.74, 6) is 0. The molecular formula is C42H31N. The SMILES string of the molecule is c1ccc(-c2ccc(-c3ccc(-c4ccc(N(c5ccccc5)c5ccc(-c6ccccc6)cc5)cc4)cc3)cc2)cc1. The predicted octanol–water partition coefficient (Wildman–Crippen LogP) is 11.8. The summed E-state index contributed by atoms with van der Waals surface area (Å²) >= 11 is 0. The minimum Gasteiger partial charge on any atom is -0.311 e. The van der Waals surface area contributed by atoms with E-state index in [1.807, 2.05) is 0 Å². The molecule has 0 aliphatic carbocycles. The number of rotatable bonds is 7. The van der Waals surface area contributed by atoms with Crippen LogP contribution in [0.3, 0.4) is 0 Å². The molecule has 0 unspecified atom stereocenters. The van der Waals surface area contributed by atoms with Gasteiger partial charge in [0.05, 0.1) is 0 Å². The normalized spacial score (nSPS) is 10.8. The number of hydrogen-bond donors (Lipinski definition) is 0. The highest BCUT2D eigenvalue weighted by molar-refractivity contribution is 5.80. The molecule has 0 atom stereocenters. The van der Waals surface area contributed by atoms with Crippen molar-refractivity contribution in [1.29, 1.82) is 0 Å². The van der Waals surface area contributed by atoms with E-state index in [1.165, 1.54) is 44.5 Å². The second-order valence-corrected chi connectivity index (χ2v) is 10.7. The van der Waals surface area contributed by atoms with E-state index < -0.39 is 0 Å². The van der Waals surface area contributed by atoms with E-state index in [0.29, 0.717) is 0 Å². The minimum atomic E-state index is 1.12. The van der Waals surface area contributed by atoms with Crippen molar-refractivity contribution in [2.75, 3.05) is 4.90 Å². The summed E-state index contributed by atoms with van der Waals surface area (Å²) < 4.78 is 0. The van der Waals surface area contributed by atoms with E-state index >= 15 is 0 Å². The fraction of sp³-hybridized carbons (Fsp3) is 0. The van der Waals surface area contributed by atoms with Gasteiger partial charge in [0.25, 0.3) is 0 Å². The van der Waals surface area contributed by atoms with E-state index in [0.717, 1.165) is 17.1 Å². The Kier molecular flexibility index (Phi) is 7.36. The molecule has 0 saturated heterocycles. The molecule has 7 rings (SSSR count). The lowest BCUT2D eigenvalue weighted by atomic mass is 9.98. The molecule has 0 aromatic heterocycles. The predicted molar refractivity (Wildman–Crippen MR) is 183 cm³/mol. The zero-order chi connectivity index (χ0) is 28.8. The number of hydrogen-bond acceptors (Lipinski definition) is 1. The van der Waals surface area contributed by atoms with Gasteiger partial charge in [-0.2, -0.15) is 0 Å². The van der Waals surface area contributed by atoms with Crippen LogP contribution in [-0.4, -0.2) is 0 Å². The lowest BCUT2D eigenvalue weighted by molar-refractivity contribution is 1.28. The fourth-order valence-corrected chi connectivity index (χ4v) is 5.60. The van der Waals surface area contributed by atoms with Gasteiger partial charge < -0.3 is 4.90 Å². The minimum absolute atomic E-state index is 1.12. The first kappa shape index (κ1) is 26.3. The Morgan fingerprint density at radius 2 is 0.395 bits per heavy atom. The number of nitrogens with zero attached hydrogens (tertiary/aromatic N) is 1. The first-order chi connectivity index (χ1) is 21.3. The maximum Gasteiger partial charge on any atom is 0.0462 e. The van der Waals surface area contributed by atoms with Gasteiger partial charge in [-0.3, -0.25) is 0 Å². The Morgan fingerprint density at radius 3 is 0.698 bits per heavy atom. The van der Waals surface area contributed by atoms with Crippen molar-refractivity contribution in [3.63, 3.8) is 0 Å². The van der Waals surface area contributed by atoms with Crippen molar-refractivity contribution < 1.29 is 0 Å². The van der Waals surface area contributed by atoms with E-state index in [2.05, 4.69) is 193 Å². The van der Waals surface area contributed by atoms with Crippen LogP contribution in [0, 0.1) is 0 Å². The number of anilines is 3. The van der Waals surface area contributed by atoms with Crippen LogP contribution in [-0.2, 0) is 0 Å². The number of benzene rings is 7. The highest BCUT2D eigenvalue weighted by atomic mass is 15.1. The molecule has 0 radical (unpaired) electrons. The van der Waals surface area contributed by atoms with Crippen LogP contribution < -0.4 is 4.90 Å². The van der Waals surface area contributed by atoms with E-state index in [4.69, 9.17) is 0 Å². The van der Waals surface area contributed by atoms with Crippen molar-refractivity contribution >= 4 is 17.1 Å². The summed E-state index contributed by atoms with van der Waals surface area (Å²) in [6, 6.07) is 66.9. The quantitative estimate of drug-likeness (QED) is 0.191. The van der Waals surface area contributed by atoms with E-state index in [1.54, 1.807) is 0 Å². The summed E-state index contributed by atoms with van der Waals surface area (Å²) in [4.78, 5) is 2.31. The van der Waals surface area contributed by atoms with Gasteiger partial charge in [0.15, 0.2) is 0 Å². The molecule has 7 aromatic carbocycles. The third kappa shape index (κ3) is 5.75. The molecule has 1 heteroatoms. The monoisotopic (exact) mass is 549 g/mol. The topological polar surface area (TPSA) is 3.24 Å². The van der Waals surface area contributed by atoms with Crippen LogP contribution in [0.5, 0.6) is 0 Å². The Bertz CT molecular complexity index is 1890. The summed E-state index contributed by atoms with van der Waals surface area (Å²) in [6.07, 6.45) is 0. The van der Waals surface area contributed by atoms with Gasteiger partial charge in [0.1, 0.15) is 0 Å². The molecule has 0 saturated carbocycles. The van der Waals surface area contributed by atoms with Crippen molar-refractivity contribution in [2.24, 2.45) is 0 Å². The average molecular weight is 550 g/mol. The molecule has 204 valence electrons. The molecule has 43 heavy (non-hydrogen) atoms. The van der Waals surface area contributed by atoms with Gasteiger partial charge in [0, 0.05) is 17.1 Å². The van der Waals surface area contributed by atoms with Gasteiger partial charge in [0.2, 0.25) is 0 Å². The van der Waals surface area contributed by atoms with Crippen LogP contribution >= 0.6 is 0 Å². The maximum atomic E-state index is 2.31. The average Bonchev–Trinajstić information content (AvgIpc) is 3.10. The lowest BCUT2D eigenvalue weighted by Crippen LogP contribution is -2.09. The van der Waals surface area contributed by atoms with E-state index in [9.17, 15) is 0 Å². The van der Waals surface area contributed by atoms with Gasteiger partial charge in [-0.1, -0.05) is 152 Å². The molecule has 0 fully saturated rings. The molecule has 7 aromatic rings. The van der Waals surface area contributed by atoms with Gasteiger partial charge in [-0.05, 0) is 80.9 Å². The second-order valence-electron chi connectivity index (χ2n) is 10.7. The first-order valence-corrected chi connectivity index (χ1v) is 14.7. The van der Waals surface area contributed by atoms with Crippen LogP contribution in [0.25, 0.3) is 44.5 Å². The van der Waals surface area contributed by atoms with Crippen LogP contribution in [0.4, 0.5) is 17.1 Å². The second kappa shape index (κ2) is 12.1. The van der Waals surface area contributed by atoms with Crippen molar-refractivity contribution in [2.45, 2.75) is 0 Å². The van der Waals surface area contributed by atoms with Crippen LogP contribution in [0.1, 0.15) is 0 Å². The van der Waals surface area contributed by atoms with Gasteiger partial charge in [-0.25, -0.2) is 0 Å². The smallest absolute Gasteiger partial charge is 0.0462 e. The van der Waals surface area contributed by atoms with Gasteiger partial charge >= 0.3 is 0 Å². The molecule has 0 amide bonds.